The fraction of sp³-hybridized carbons (Fsp3) is 0.531. The highest BCUT2D eigenvalue weighted by molar-refractivity contribution is 5.98. The maximum absolute atomic E-state index is 14.2. The van der Waals surface area contributed by atoms with Crippen LogP contribution in [0, 0.1) is 11.8 Å². The number of likely N-dealkylation sites (N-methyl/N-ethyl adjacent to an activating group) is 1. The number of ether oxygens (including phenoxy) is 1. The van der Waals surface area contributed by atoms with Gasteiger partial charge in [0.15, 0.2) is 0 Å². The Morgan fingerprint density at radius 1 is 0.672 bits per heavy atom. The summed E-state index contributed by atoms with van der Waals surface area (Å²) in [6.07, 6.45) is 23.5. The zero-order valence-electron chi connectivity index (χ0n) is 40.4. The molecule has 2 saturated heterocycles. The van der Waals surface area contributed by atoms with Gasteiger partial charge in [0.2, 0.25) is 47.3 Å². The molecule has 2 aliphatic heterocycles. The van der Waals surface area contributed by atoms with Crippen LogP contribution in [0.4, 0.5) is 0 Å². The number of amides is 8. The molecule has 7 N–H and O–H groups in total. The summed E-state index contributed by atoms with van der Waals surface area (Å²) >= 11 is 0. The zero-order valence-corrected chi connectivity index (χ0v) is 40.4. The Kier molecular flexibility index (Phi) is 24.6. The molecule has 2 rings (SSSR count). The van der Waals surface area contributed by atoms with E-state index in [0.717, 1.165) is 4.90 Å². The van der Waals surface area contributed by atoms with Crippen molar-refractivity contribution in [2.75, 3.05) is 13.6 Å². The average molecular weight is 933 g/mol. The lowest BCUT2D eigenvalue weighted by Gasteiger charge is -2.33. The number of primary amides is 1. The molecule has 0 unspecified atom stereocenters. The Bertz CT molecular complexity index is 1970. The van der Waals surface area contributed by atoms with E-state index in [1.54, 1.807) is 24.3 Å². The molecule has 2 aliphatic rings. The summed E-state index contributed by atoms with van der Waals surface area (Å²) < 4.78 is 5.72. The van der Waals surface area contributed by atoms with Gasteiger partial charge >= 0.3 is 5.97 Å². The molecule has 2 heterocycles. The molecule has 67 heavy (non-hydrogen) atoms. The number of carbonyl (C=O) groups excluding carboxylic acids is 9. The second kappa shape index (κ2) is 29.1. The molecule has 0 saturated carbocycles. The first-order valence-electron chi connectivity index (χ1n) is 22.9. The van der Waals surface area contributed by atoms with Crippen molar-refractivity contribution >= 4 is 53.2 Å². The SMILES string of the molecule is C/C=C/C=C/C=C/C=C/C=C/C=C/C=C/C(=O)N(C)[C@@H]1C(=O)N[C@H](C)C(=O)N[C@@H](CC(C)C)C(=O)N[C@@H](CC(C)C)C(=O)N2CCC[C@H]2C(=O)N[C@@H](C)C(=O)N[C@@H](CCC(N)=O)C(=O)O[C@@H]1C. The monoisotopic (exact) mass is 933 g/mol. The Labute approximate surface area is 395 Å². The van der Waals surface area contributed by atoms with E-state index < -0.39 is 102 Å². The summed E-state index contributed by atoms with van der Waals surface area (Å²) in [5.41, 5.74) is 5.39. The second-order valence-corrected chi connectivity index (χ2v) is 17.4. The van der Waals surface area contributed by atoms with Crippen molar-refractivity contribution in [3.05, 3.63) is 85.1 Å². The van der Waals surface area contributed by atoms with Crippen molar-refractivity contribution in [3.63, 3.8) is 0 Å². The third-order valence-corrected chi connectivity index (χ3v) is 10.7. The highest BCUT2D eigenvalue weighted by Gasteiger charge is 2.41. The number of cyclic esters (lactones) is 1. The van der Waals surface area contributed by atoms with Crippen LogP contribution in [0.25, 0.3) is 0 Å². The first-order valence-corrected chi connectivity index (χ1v) is 22.9. The van der Waals surface area contributed by atoms with E-state index in [9.17, 15) is 43.2 Å². The molecule has 0 spiro atoms. The minimum Gasteiger partial charge on any atom is -0.458 e. The van der Waals surface area contributed by atoms with Gasteiger partial charge < -0.3 is 46.9 Å². The first-order chi connectivity index (χ1) is 31.7. The van der Waals surface area contributed by atoms with Gasteiger partial charge in [-0.2, -0.15) is 0 Å². The Balaban J connectivity index is 2.57. The summed E-state index contributed by atoms with van der Waals surface area (Å²) in [5, 5.41) is 13.2. The number of allylic oxidation sites excluding steroid dienone is 13. The van der Waals surface area contributed by atoms with E-state index in [0.29, 0.717) is 6.42 Å². The number of nitrogens with zero attached hydrogens (tertiary/aromatic N) is 2. The number of nitrogens with two attached hydrogens (primary N) is 1. The van der Waals surface area contributed by atoms with Crippen LogP contribution < -0.4 is 32.3 Å². The fourth-order valence-electron chi connectivity index (χ4n) is 7.22. The number of carbonyl (C=O) groups is 9. The summed E-state index contributed by atoms with van der Waals surface area (Å²) in [7, 11) is 1.30. The predicted octanol–water partition coefficient (Wildman–Crippen LogP) is 2.48. The van der Waals surface area contributed by atoms with Crippen LogP contribution in [0.15, 0.2) is 85.1 Å². The van der Waals surface area contributed by atoms with Crippen LogP contribution in [0.5, 0.6) is 0 Å². The third kappa shape index (κ3) is 19.8. The summed E-state index contributed by atoms with van der Waals surface area (Å²) in [6, 6.07) is -8.80. The van der Waals surface area contributed by atoms with Crippen LogP contribution in [0.2, 0.25) is 0 Å². The Hall–Kier alpha value is -6.59. The molecule has 0 radical (unpaired) electrons. The van der Waals surface area contributed by atoms with Gasteiger partial charge in [-0.3, -0.25) is 38.4 Å². The van der Waals surface area contributed by atoms with E-state index in [-0.39, 0.29) is 50.5 Å². The molecular weight excluding hydrogens is 861 g/mol. The van der Waals surface area contributed by atoms with Crippen molar-refractivity contribution in [2.45, 2.75) is 142 Å². The highest BCUT2D eigenvalue weighted by Crippen LogP contribution is 2.21. The van der Waals surface area contributed by atoms with Gasteiger partial charge in [-0.15, -0.1) is 0 Å². The summed E-state index contributed by atoms with van der Waals surface area (Å²) in [4.78, 5) is 125. The number of fused-ring (bicyclic) bond motifs is 1. The maximum atomic E-state index is 14.2. The Morgan fingerprint density at radius 2 is 1.15 bits per heavy atom. The molecule has 0 bridgehead atoms. The van der Waals surface area contributed by atoms with Gasteiger partial charge in [-0.05, 0) is 71.6 Å². The lowest BCUT2D eigenvalue weighted by Crippen LogP contribution is -2.61. The lowest BCUT2D eigenvalue weighted by molar-refractivity contribution is -0.160. The van der Waals surface area contributed by atoms with Gasteiger partial charge in [0.1, 0.15) is 48.4 Å². The Morgan fingerprint density at radius 3 is 1.67 bits per heavy atom. The van der Waals surface area contributed by atoms with Gasteiger partial charge in [0, 0.05) is 26.1 Å². The van der Waals surface area contributed by atoms with Crippen LogP contribution >= 0.6 is 0 Å². The average Bonchev–Trinajstić information content (AvgIpc) is 3.75. The lowest BCUT2D eigenvalue weighted by atomic mass is 9.99. The first kappa shape index (κ1) is 56.5. The van der Waals surface area contributed by atoms with E-state index in [4.69, 9.17) is 10.5 Å². The molecule has 0 aromatic carbocycles. The van der Waals surface area contributed by atoms with Gasteiger partial charge in [0.05, 0.1) is 0 Å². The normalized spacial score (nSPS) is 26.1. The van der Waals surface area contributed by atoms with Crippen LogP contribution in [-0.2, 0) is 47.9 Å². The zero-order chi connectivity index (χ0) is 50.2. The van der Waals surface area contributed by atoms with Crippen molar-refractivity contribution < 1.29 is 47.9 Å². The molecule has 0 aromatic rings. The molecule has 8 amide bonds. The largest absolute Gasteiger partial charge is 0.458 e. The summed E-state index contributed by atoms with van der Waals surface area (Å²) in [5.74, 6) is -7.02. The number of rotatable bonds is 15. The highest BCUT2D eigenvalue weighted by atomic mass is 16.5. The van der Waals surface area contributed by atoms with Crippen LogP contribution in [0.1, 0.15) is 93.9 Å². The van der Waals surface area contributed by atoms with E-state index >= 15 is 0 Å². The molecule has 2 fully saturated rings. The smallest absolute Gasteiger partial charge is 0.329 e. The molecule has 18 nitrogen and oxygen atoms in total. The minimum absolute atomic E-state index is 0.0691. The van der Waals surface area contributed by atoms with Crippen molar-refractivity contribution in [1.29, 1.82) is 0 Å². The minimum atomic E-state index is -1.57. The predicted molar refractivity (Wildman–Crippen MR) is 255 cm³/mol. The molecular formula is C49H72N8O10. The second-order valence-electron chi connectivity index (χ2n) is 17.4. The van der Waals surface area contributed by atoms with Crippen molar-refractivity contribution in [1.82, 2.24) is 36.4 Å². The number of esters is 1. The van der Waals surface area contributed by atoms with Crippen molar-refractivity contribution in [3.8, 4) is 0 Å². The molecule has 0 aliphatic carbocycles. The van der Waals surface area contributed by atoms with Crippen molar-refractivity contribution in [2.24, 2.45) is 17.6 Å². The van der Waals surface area contributed by atoms with E-state index in [1.165, 1.54) is 44.9 Å². The molecule has 368 valence electrons. The molecule has 0 aromatic heterocycles. The number of hydrogen-bond acceptors (Lipinski definition) is 10. The standard InChI is InChI=1S/C49H72N8O10/c1-10-11-12-13-14-15-16-17-18-19-20-21-22-25-41(59)56(9)42-35(8)67-49(66)36(26-27-40(50)58)53-43(60)33(6)51-46(63)39-24-23-28-57(39)48(65)38(30-32(4)5)55-45(62)37(29-31(2)3)54-44(61)34(7)52-47(42)64/h10-22,25,31-39,42H,23-24,26-30H2,1-9H3,(H2,50,58)(H,51,63)(H,52,64)(H,53,60)(H,54,61)(H,55,62)/b11-10+,13-12+,15-14+,17-16+,19-18+,21-20+,25-22+/t33-,34+,35+,36-,37-,38-,39-,42-/m0/s1. The van der Waals surface area contributed by atoms with E-state index in [2.05, 4.69) is 26.6 Å². The number of nitrogens with one attached hydrogen (secondary N) is 5. The molecule has 18 heteroatoms. The topological polar surface area (TPSA) is 256 Å². The van der Waals surface area contributed by atoms with Gasteiger partial charge in [-0.25, -0.2) is 4.79 Å². The quantitative estimate of drug-likeness (QED) is 0.0795. The van der Waals surface area contributed by atoms with Gasteiger partial charge in [-0.1, -0.05) is 107 Å². The van der Waals surface area contributed by atoms with Crippen LogP contribution in [-0.4, -0.2) is 125 Å². The van der Waals surface area contributed by atoms with Crippen LogP contribution in [0.3, 0.4) is 0 Å². The molecule has 8 atom stereocenters. The van der Waals surface area contributed by atoms with E-state index in [1.807, 2.05) is 83.2 Å². The van der Waals surface area contributed by atoms with Gasteiger partial charge in [0.25, 0.3) is 0 Å². The fourth-order valence-corrected chi connectivity index (χ4v) is 7.22. The maximum Gasteiger partial charge on any atom is 0.329 e. The number of hydrogen-bond donors (Lipinski definition) is 6. The third-order valence-electron chi connectivity index (χ3n) is 10.7. The summed E-state index contributed by atoms with van der Waals surface area (Å²) in [6.45, 7) is 13.7.